The number of carbonyl (C=O) groups excluding carboxylic acids is 1. The van der Waals surface area contributed by atoms with E-state index in [1.165, 1.54) is 19.2 Å². The summed E-state index contributed by atoms with van der Waals surface area (Å²) in [6, 6.07) is 7.82. The van der Waals surface area contributed by atoms with Gasteiger partial charge in [0.2, 0.25) is 0 Å². The summed E-state index contributed by atoms with van der Waals surface area (Å²) in [5, 5.41) is 13.0. The number of benzene rings is 2. The van der Waals surface area contributed by atoms with Gasteiger partial charge in [-0.3, -0.25) is 10.1 Å². The molecule has 0 bridgehead atoms. The Morgan fingerprint density at radius 3 is 2.76 bits per heavy atom. The molecule has 2 aromatic carbocycles. The van der Waals surface area contributed by atoms with Crippen LogP contribution in [0.15, 0.2) is 36.4 Å². The van der Waals surface area contributed by atoms with Crippen molar-refractivity contribution in [2.75, 3.05) is 25.6 Å². The fourth-order valence-electron chi connectivity index (χ4n) is 2.53. The molecule has 0 spiro atoms. The highest BCUT2D eigenvalue weighted by molar-refractivity contribution is 7.22. The lowest BCUT2D eigenvalue weighted by atomic mass is 10.1. The second kappa shape index (κ2) is 8.76. The highest BCUT2D eigenvalue weighted by Gasteiger charge is 2.30. The van der Waals surface area contributed by atoms with Gasteiger partial charge in [0.15, 0.2) is 5.13 Å². The van der Waals surface area contributed by atoms with Gasteiger partial charge < -0.3 is 14.6 Å². The number of halogens is 3. The van der Waals surface area contributed by atoms with Gasteiger partial charge >= 0.3 is 6.18 Å². The molecule has 0 saturated heterocycles. The van der Waals surface area contributed by atoms with Crippen LogP contribution < -0.4 is 5.32 Å². The van der Waals surface area contributed by atoms with Crippen LogP contribution in [0.1, 0.15) is 21.5 Å². The number of aromatic hydroxyl groups is 1. The standard InChI is InChI=1S/C19H17F3N2O4S/c1-27-7-8-28-10-11-3-2-4-13(16(11)25)17(26)24-18-23-14-6-5-12(19(20,21)22)9-15(14)29-18/h2-6,9,25H,7-8,10H2,1H3,(H,23,24,26). The number of rotatable bonds is 7. The van der Waals surface area contributed by atoms with Crippen molar-refractivity contribution < 1.29 is 32.5 Å². The van der Waals surface area contributed by atoms with E-state index >= 15 is 0 Å². The molecule has 10 heteroatoms. The van der Waals surface area contributed by atoms with Crippen molar-refractivity contribution >= 4 is 32.6 Å². The predicted molar refractivity (Wildman–Crippen MR) is 102 cm³/mol. The SMILES string of the molecule is COCCOCc1cccc(C(=O)Nc2nc3ccc(C(F)(F)F)cc3s2)c1O. The number of aromatic nitrogens is 1. The van der Waals surface area contributed by atoms with Crippen molar-refractivity contribution in [3.05, 3.63) is 53.1 Å². The number of alkyl halides is 3. The molecular weight excluding hydrogens is 409 g/mol. The highest BCUT2D eigenvalue weighted by atomic mass is 32.1. The number of thiazole rings is 1. The smallest absolute Gasteiger partial charge is 0.416 e. The number of para-hydroxylation sites is 1. The number of methoxy groups -OCH3 is 1. The fourth-order valence-corrected chi connectivity index (χ4v) is 3.43. The molecule has 0 aliphatic heterocycles. The lowest BCUT2D eigenvalue weighted by Gasteiger charge is -2.10. The van der Waals surface area contributed by atoms with Gasteiger partial charge in [-0.2, -0.15) is 13.2 Å². The third kappa shape index (κ3) is 5.03. The molecule has 3 aromatic rings. The topological polar surface area (TPSA) is 80.7 Å². The zero-order valence-electron chi connectivity index (χ0n) is 15.2. The van der Waals surface area contributed by atoms with Crippen LogP contribution in [0.5, 0.6) is 5.75 Å². The number of hydrogen-bond acceptors (Lipinski definition) is 6. The summed E-state index contributed by atoms with van der Waals surface area (Å²) in [5.74, 6) is -0.862. The van der Waals surface area contributed by atoms with Crippen molar-refractivity contribution in [2.24, 2.45) is 0 Å². The van der Waals surface area contributed by atoms with Crippen molar-refractivity contribution in [1.29, 1.82) is 0 Å². The van der Waals surface area contributed by atoms with Crippen molar-refractivity contribution in [3.8, 4) is 5.75 Å². The van der Waals surface area contributed by atoms with Gasteiger partial charge in [-0.1, -0.05) is 23.5 Å². The summed E-state index contributed by atoms with van der Waals surface area (Å²) in [6.45, 7) is 0.824. The van der Waals surface area contributed by atoms with E-state index < -0.39 is 17.6 Å². The first-order chi connectivity index (χ1) is 13.8. The zero-order chi connectivity index (χ0) is 21.0. The van der Waals surface area contributed by atoms with E-state index in [0.717, 1.165) is 23.5 Å². The van der Waals surface area contributed by atoms with Gasteiger partial charge in [-0.05, 0) is 24.3 Å². The van der Waals surface area contributed by atoms with Gasteiger partial charge in [-0.25, -0.2) is 4.98 Å². The van der Waals surface area contributed by atoms with E-state index in [1.807, 2.05) is 0 Å². The Morgan fingerprint density at radius 1 is 1.24 bits per heavy atom. The van der Waals surface area contributed by atoms with Crippen LogP contribution in [-0.2, 0) is 22.3 Å². The number of fused-ring (bicyclic) bond motifs is 1. The molecule has 6 nitrogen and oxygen atoms in total. The molecule has 0 fully saturated rings. The molecule has 0 unspecified atom stereocenters. The summed E-state index contributed by atoms with van der Waals surface area (Å²) in [7, 11) is 1.54. The van der Waals surface area contributed by atoms with Crippen molar-refractivity contribution in [2.45, 2.75) is 12.8 Å². The van der Waals surface area contributed by atoms with E-state index in [9.17, 15) is 23.1 Å². The zero-order valence-corrected chi connectivity index (χ0v) is 16.1. The van der Waals surface area contributed by atoms with Gasteiger partial charge in [-0.15, -0.1) is 0 Å². The number of carbonyl (C=O) groups is 1. The number of nitrogens with zero attached hydrogens (tertiary/aromatic N) is 1. The first-order valence-electron chi connectivity index (χ1n) is 8.46. The average molecular weight is 426 g/mol. The second-order valence-corrected chi connectivity index (χ2v) is 7.04. The van der Waals surface area contributed by atoms with E-state index in [4.69, 9.17) is 9.47 Å². The summed E-state index contributed by atoms with van der Waals surface area (Å²) in [6.07, 6.45) is -4.46. The summed E-state index contributed by atoms with van der Waals surface area (Å²) >= 11 is 0.917. The molecule has 0 radical (unpaired) electrons. The molecule has 0 atom stereocenters. The number of anilines is 1. The van der Waals surface area contributed by atoms with Crippen molar-refractivity contribution in [1.82, 2.24) is 4.98 Å². The van der Waals surface area contributed by atoms with Gasteiger partial charge in [0, 0.05) is 12.7 Å². The number of hydrogen-bond donors (Lipinski definition) is 2. The Hall–Kier alpha value is -2.69. The van der Waals surface area contributed by atoms with Gasteiger partial charge in [0.25, 0.3) is 5.91 Å². The molecule has 0 aliphatic rings. The van der Waals surface area contributed by atoms with Crippen molar-refractivity contribution in [3.63, 3.8) is 0 Å². The van der Waals surface area contributed by atoms with E-state index in [1.54, 1.807) is 12.1 Å². The highest BCUT2D eigenvalue weighted by Crippen LogP contribution is 2.34. The van der Waals surface area contributed by atoms with E-state index in [2.05, 4.69) is 10.3 Å². The van der Waals surface area contributed by atoms with Crippen LogP contribution in [0.2, 0.25) is 0 Å². The molecule has 1 aromatic heterocycles. The monoisotopic (exact) mass is 426 g/mol. The number of phenolic OH excluding ortho intramolecular Hbond substituents is 1. The predicted octanol–water partition coefficient (Wildman–Crippen LogP) is 4.44. The fraction of sp³-hybridized carbons (Fsp3) is 0.263. The summed E-state index contributed by atoms with van der Waals surface area (Å²) < 4.78 is 49.0. The van der Waals surface area contributed by atoms with Crippen LogP contribution in [0, 0.1) is 0 Å². The molecule has 1 amide bonds. The average Bonchev–Trinajstić information content (AvgIpc) is 3.07. The largest absolute Gasteiger partial charge is 0.507 e. The Labute approximate surface area is 167 Å². The molecule has 2 N–H and O–H groups in total. The number of ether oxygens (including phenoxy) is 2. The third-order valence-electron chi connectivity index (χ3n) is 3.99. The van der Waals surface area contributed by atoms with Gasteiger partial charge in [0.1, 0.15) is 5.75 Å². The maximum absolute atomic E-state index is 12.8. The maximum Gasteiger partial charge on any atom is 0.416 e. The Balaban J connectivity index is 1.76. The normalized spacial score (nSPS) is 11.7. The second-order valence-electron chi connectivity index (χ2n) is 6.01. The molecule has 154 valence electrons. The molecule has 0 saturated carbocycles. The molecule has 3 rings (SSSR count). The minimum atomic E-state index is -4.46. The molecule has 0 aliphatic carbocycles. The lowest BCUT2D eigenvalue weighted by Crippen LogP contribution is -2.12. The first kappa shape index (κ1) is 21.0. The minimum Gasteiger partial charge on any atom is -0.507 e. The van der Waals surface area contributed by atoms with E-state index in [-0.39, 0.29) is 23.1 Å². The third-order valence-corrected chi connectivity index (χ3v) is 4.92. The van der Waals surface area contributed by atoms with Crippen LogP contribution in [0.4, 0.5) is 18.3 Å². The Kier molecular flexibility index (Phi) is 6.36. The number of nitrogens with one attached hydrogen (secondary N) is 1. The van der Waals surface area contributed by atoms with Gasteiger partial charge in [0.05, 0.1) is 41.2 Å². The summed E-state index contributed by atoms with van der Waals surface area (Å²) in [4.78, 5) is 16.6. The van der Waals surface area contributed by atoms with Crippen LogP contribution in [-0.4, -0.2) is 36.3 Å². The maximum atomic E-state index is 12.8. The van der Waals surface area contributed by atoms with Crippen LogP contribution in [0.3, 0.4) is 0 Å². The molecule has 29 heavy (non-hydrogen) atoms. The van der Waals surface area contributed by atoms with Crippen LogP contribution >= 0.6 is 11.3 Å². The lowest BCUT2D eigenvalue weighted by molar-refractivity contribution is -0.137. The molecule has 1 heterocycles. The van der Waals surface area contributed by atoms with E-state index in [0.29, 0.717) is 29.0 Å². The minimum absolute atomic E-state index is 0.00748. The first-order valence-corrected chi connectivity index (χ1v) is 9.28. The Morgan fingerprint density at radius 2 is 2.03 bits per heavy atom. The molecular formula is C19H17F3N2O4S. The number of amides is 1. The number of phenols is 1. The quantitative estimate of drug-likeness (QED) is 0.546. The summed E-state index contributed by atoms with van der Waals surface area (Å²) in [5.41, 5.74) is -0.0193. The van der Waals surface area contributed by atoms with Crippen LogP contribution in [0.25, 0.3) is 10.2 Å². The Bertz CT molecular complexity index is 1020.